The molecule has 0 saturated carbocycles. The lowest BCUT2D eigenvalue weighted by Crippen LogP contribution is -1.97. The third-order valence-electron chi connectivity index (χ3n) is 9.04. The lowest BCUT2D eigenvalue weighted by atomic mass is 10.0. The summed E-state index contributed by atoms with van der Waals surface area (Å²) in [7, 11) is 0. The summed E-state index contributed by atoms with van der Waals surface area (Å²) in [5.41, 5.74) is 7.90. The van der Waals surface area contributed by atoms with Crippen LogP contribution in [0.4, 0.5) is 0 Å². The molecule has 0 fully saturated rings. The summed E-state index contributed by atoms with van der Waals surface area (Å²) in [6.07, 6.45) is 0. The molecule has 0 bridgehead atoms. The van der Waals surface area contributed by atoms with Gasteiger partial charge in [0.2, 0.25) is 0 Å². The second kappa shape index (κ2) is 7.96. The van der Waals surface area contributed by atoms with Crippen LogP contribution in [0.5, 0.6) is 0 Å². The van der Waals surface area contributed by atoms with Crippen molar-refractivity contribution in [1.29, 1.82) is 0 Å². The van der Waals surface area contributed by atoms with Gasteiger partial charge in [-0.2, -0.15) is 0 Å². The van der Waals surface area contributed by atoms with Gasteiger partial charge in [-0.05, 0) is 64.0 Å². The molecule has 0 saturated heterocycles. The van der Waals surface area contributed by atoms with Crippen LogP contribution in [0.25, 0.3) is 87.4 Å². The van der Waals surface area contributed by atoms with E-state index in [-0.39, 0.29) is 0 Å². The number of rotatable bonds is 1. The molecule has 10 rings (SSSR count). The zero-order valence-corrected chi connectivity index (χ0v) is 22.6. The molecule has 0 unspecified atom stereocenters. The first-order valence-electron chi connectivity index (χ1n) is 14.4. The first-order chi connectivity index (χ1) is 20.8. The van der Waals surface area contributed by atoms with Crippen LogP contribution in [-0.2, 0) is 0 Å². The zero-order chi connectivity index (χ0) is 27.4. The third-order valence-corrected chi connectivity index (χ3v) is 9.04. The molecule has 0 aliphatic heterocycles. The summed E-state index contributed by atoms with van der Waals surface area (Å²) >= 11 is 0. The van der Waals surface area contributed by atoms with Crippen molar-refractivity contribution in [1.82, 2.24) is 14.0 Å². The number of para-hydroxylation sites is 4. The number of benzene rings is 7. The summed E-state index contributed by atoms with van der Waals surface area (Å²) in [6.45, 7) is 0. The minimum absolute atomic E-state index is 0.994. The molecule has 7 aromatic carbocycles. The van der Waals surface area contributed by atoms with Crippen LogP contribution in [-0.4, -0.2) is 14.0 Å². The Bertz CT molecular complexity index is 2740. The van der Waals surface area contributed by atoms with E-state index in [4.69, 9.17) is 4.98 Å². The molecule has 194 valence electrons. The van der Waals surface area contributed by atoms with Crippen molar-refractivity contribution in [2.75, 3.05) is 0 Å². The molecule has 3 heterocycles. The molecule has 10 aromatic rings. The highest BCUT2D eigenvalue weighted by Gasteiger charge is 2.20. The Balaban J connectivity index is 1.43. The Morgan fingerprint density at radius 3 is 1.98 bits per heavy atom. The lowest BCUT2D eigenvalue weighted by molar-refractivity contribution is 1.19. The van der Waals surface area contributed by atoms with Gasteiger partial charge in [-0.1, -0.05) is 97.1 Å². The molecule has 0 amide bonds. The van der Waals surface area contributed by atoms with E-state index in [1.165, 1.54) is 59.6 Å². The van der Waals surface area contributed by atoms with E-state index < -0.39 is 0 Å². The summed E-state index contributed by atoms with van der Waals surface area (Å²) in [4.78, 5) is 5.18. The highest BCUT2D eigenvalue weighted by Crippen LogP contribution is 2.42. The number of aromatic nitrogens is 3. The standard InChI is InChI=1S/C39H23N3/c1-2-10-27-24(9-1)17-18-25-23-26(19-20-28(25)27)41-34-14-6-3-11-29(34)30-21-22-32-37(38(30)41)31-12-4-7-15-35(31)42-36-16-8-5-13-33(36)40-39(32)42/h1-23H. The minimum atomic E-state index is 0.994. The Hall–Kier alpha value is -5.67. The predicted octanol–water partition coefficient (Wildman–Crippen LogP) is 10.2. The predicted molar refractivity (Wildman–Crippen MR) is 177 cm³/mol. The van der Waals surface area contributed by atoms with Gasteiger partial charge in [0, 0.05) is 32.6 Å². The monoisotopic (exact) mass is 533 g/mol. The smallest absolute Gasteiger partial charge is 0.146 e. The van der Waals surface area contributed by atoms with Gasteiger partial charge < -0.3 is 4.57 Å². The van der Waals surface area contributed by atoms with Crippen LogP contribution < -0.4 is 0 Å². The van der Waals surface area contributed by atoms with Crippen molar-refractivity contribution in [2.45, 2.75) is 0 Å². The lowest BCUT2D eigenvalue weighted by Gasteiger charge is -2.14. The Labute approximate surface area is 240 Å². The molecular weight excluding hydrogens is 510 g/mol. The van der Waals surface area contributed by atoms with Crippen molar-refractivity contribution >= 4 is 81.7 Å². The molecule has 0 spiro atoms. The maximum Gasteiger partial charge on any atom is 0.146 e. The van der Waals surface area contributed by atoms with E-state index in [2.05, 4.69) is 148 Å². The number of imidazole rings is 1. The third kappa shape index (κ3) is 2.77. The van der Waals surface area contributed by atoms with Crippen LogP contribution in [0.3, 0.4) is 0 Å². The molecule has 0 aliphatic carbocycles. The first kappa shape index (κ1) is 22.1. The quantitative estimate of drug-likeness (QED) is 0.192. The van der Waals surface area contributed by atoms with Crippen molar-refractivity contribution < 1.29 is 0 Å². The molecule has 3 nitrogen and oxygen atoms in total. The molecule has 0 radical (unpaired) electrons. The van der Waals surface area contributed by atoms with Crippen molar-refractivity contribution in [3.05, 3.63) is 140 Å². The van der Waals surface area contributed by atoms with Gasteiger partial charge in [-0.3, -0.25) is 4.40 Å². The molecule has 0 N–H and O–H groups in total. The average molecular weight is 534 g/mol. The number of pyridine rings is 1. The van der Waals surface area contributed by atoms with Crippen molar-refractivity contribution in [3.63, 3.8) is 0 Å². The second-order valence-corrected chi connectivity index (χ2v) is 11.2. The number of fused-ring (bicyclic) bond motifs is 15. The van der Waals surface area contributed by atoms with Gasteiger partial charge in [-0.15, -0.1) is 0 Å². The maximum atomic E-state index is 5.18. The largest absolute Gasteiger partial charge is 0.309 e. The Kier molecular flexibility index (Phi) is 4.18. The topological polar surface area (TPSA) is 22.2 Å². The van der Waals surface area contributed by atoms with E-state index in [0.29, 0.717) is 0 Å². The molecule has 0 atom stereocenters. The van der Waals surface area contributed by atoms with E-state index in [0.717, 1.165) is 27.8 Å². The van der Waals surface area contributed by atoms with Crippen LogP contribution in [0.2, 0.25) is 0 Å². The van der Waals surface area contributed by atoms with E-state index in [1.807, 2.05) is 0 Å². The van der Waals surface area contributed by atoms with E-state index >= 15 is 0 Å². The molecular formula is C39H23N3. The summed E-state index contributed by atoms with van der Waals surface area (Å²) in [5, 5.41) is 11.2. The van der Waals surface area contributed by atoms with E-state index in [1.54, 1.807) is 0 Å². The SMILES string of the molecule is c1ccc2c(c1)ccc1cc(-n3c4ccccc4c4ccc5c(c6ccccc6n6c7ccccc7nc56)c43)ccc12. The average Bonchev–Trinajstić information content (AvgIpc) is 3.61. The van der Waals surface area contributed by atoms with Gasteiger partial charge in [-0.25, -0.2) is 4.98 Å². The van der Waals surface area contributed by atoms with Crippen LogP contribution in [0.15, 0.2) is 140 Å². The fourth-order valence-corrected chi connectivity index (χ4v) is 7.25. The molecule has 0 aliphatic rings. The summed E-state index contributed by atoms with van der Waals surface area (Å²) < 4.78 is 4.79. The van der Waals surface area contributed by atoms with Crippen molar-refractivity contribution in [3.8, 4) is 5.69 Å². The zero-order valence-electron chi connectivity index (χ0n) is 22.6. The number of nitrogens with zero attached hydrogens (tertiary/aromatic N) is 3. The van der Waals surface area contributed by atoms with Gasteiger partial charge in [0.05, 0.1) is 27.6 Å². The number of hydrogen-bond acceptors (Lipinski definition) is 1. The first-order valence-corrected chi connectivity index (χ1v) is 14.4. The summed E-state index contributed by atoms with van der Waals surface area (Å²) in [6, 6.07) is 50.6. The van der Waals surface area contributed by atoms with Crippen LogP contribution in [0.1, 0.15) is 0 Å². The normalized spacial score (nSPS) is 12.3. The van der Waals surface area contributed by atoms with Crippen LogP contribution >= 0.6 is 0 Å². The second-order valence-electron chi connectivity index (χ2n) is 11.2. The Morgan fingerprint density at radius 2 is 1.07 bits per heavy atom. The highest BCUT2D eigenvalue weighted by molar-refractivity contribution is 6.28. The fourth-order valence-electron chi connectivity index (χ4n) is 7.25. The number of hydrogen-bond donors (Lipinski definition) is 0. The molecule has 3 heteroatoms. The van der Waals surface area contributed by atoms with Gasteiger partial charge in [0.15, 0.2) is 0 Å². The summed E-state index contributed by atoms with van der Waals surface area (Å²) in [5.74, 6) is 0. The van der Waals surface area contributed by atoms with Gasteiger partial charge >= 0.3 is 0 Å². The maximum absolute atomic E-state index is 5.18. The highest BCUT2D eigenvalue weighted by atomic mass is 15.0. The fraction of sp³-hybridized carbons (Fsp3) is 0. The van der Waals surface area contributed by atoms with Gasteiger partial charge in [0.25, 0.3) is 0 Å². The Morgan fingerprint density at radius 1 is 0.429 bits per heavy atom. The van der Waals surface area contributed by atoms with E-state index in [9.17, 15) is 0 Å². The molecule has 3 aromatic heterocycles. The molecule has 42 heavy (non-hydrogen) atoms. The van der Waals surface area contributed by atoms with Crippen molar-refractivity contribution in [2.24, 2.45) is 0 Å². The minimum Gasteiger partial charge on any atom is -0.309 e. The van der Waals surface area contributed by atoms with Gasteiger partial charge in [0.1, 0.15) is 5.65 Å². The van der Waals surface area contributed by atoms with Crippen LogP contribution in [0, 0.1) is 0 Å².